The van der Waals surface area contributed by atoms with Gasteiger partial charge in [0.05, 0.1) is 6.54 Å². The zero-order chi connectivity index (χ0) is 15.8. The van der Waals surface area contributed by atoms with Crippen molar-refractivity contribution in [1.29, 1.82) is 0 Å². The highest BCUT2D eigenvalue weighted by Crippen LogP contribution is 2.22. The van der Waals surface area contributed by atoms with Crippen molar-refractivity contribution in [3.8, 4) is 0 Å². The van der Waals surface area contributed by atoms with Crippen LogP contribution in [-0.4, -0.2) is 47.1 Å². The fraction of sp³-hybridized carbons (Fsp3) is 0.875. The average Bonchev–Trinajstić information content (AvgIpc) is 2.50. The summed E-state index contributed by atoms with van der Waals surface area (Å²) in [5.74, 6) is -1.18. The first kappa shape index (κ1) is 18.0. The highest BCUT2D eigenvalue weighted by atomic mass is 16.4. The molecule has 1 amide bonds. The summed E-state index contributed by atoms with van der Waals surface area (Å²) in [4.78, 5) is 25.6. The van der Waals surface area contributed by atoms with E-state index in [1.165, 1.54) is 19.3 Å². The van der Waals surface area contributed by atoms with Crippen LogP contribution in [0.15, 0.2) is 0 Å². The summed E-state index contributed by atoms with van der Waals surface area (Å²) >= 11 is 0. The molecule has 0 bridgehead atoms. The molecule has 1 rings (SSSR count). The SMILES string of the molecule is CCC(C)C(NC(=O)CN(CC)C1CCCCC1)C(=O)O. The van der Waals surface area contributed by atoms with E-state index in [-0.39, 0.29) is 11.8 Å². The summed E-state index contributed by atoms with van der Waals surface area (Å²) < 4.78 is 0. The van der Waals surface area contributed by atoms with E-state index < -0.39 is 12.0 Å². The molecule has 0 aromatic carbocycles. The number of hydrogen-bond donors (Lipinski definition) is 2. The maximum atomic E-state index is 12.2. The second-order valence-electron chi connectivity index (χ2n) is 6.12. The number of carbonyl (C=O) groups excluding carboxylic acids is 1. The molecule has 1 aliphatic carbocycles. The van der Waals surface area contributed by atoms with Crippen LogP contribution in [0.3, 0.4) is 0 Å². The van der Waals surface area contributed by atoms with Crippen LogP contribution in [0.4, 0.5) is 0 Å². The number of rotatable bonds is 8. The fourth-order valence-electron chi connectivity index (χ4n) is 3.03. The minimum absolute atomic E-state index is 0.0591. The highest BCUT2D eigenvalue weighted by Gasteiger charge is 2.27. The molecule has 2 unspecified atom stereocenters. The largest absolute Gasteiger partial charge is 0.480 e. The predicted molar refractivity (Wildman–Crippen MR) is 83.1 cm³/mol. The zero-order valence-corrected chi connectivity index (χ0v) is 13.6. The van der Waals surface area contributed by atoms with E-state index in [1.807, 2.05) is 13.8 Å². The van der Waals surface area contributed by atoms with E-state index in [0.717, 1.165) is 25.8 Å². The Morgan fingerprint density at radius 3 is 2.33 bits per heavy atom. The third-order valence-electron chi connectivity index (χ3n) is 4.64. The van der Waals surface area contributed by atoms with Gasteiger partial charge in [-0.15, -0.1) is 0 Å². The molecule has 0 aromatic heterocycles. The molecule has 1 aliphatic rings. The number of carbonyl (C=O) groups is 2. The smallest absolute Gasteiger partial charge is 0.326 e. The van der Waals surface area contributed by atoms with Crippen molar-refractivity contribution >= 4 is 11.9 Å². The summed E-state index contributed by atoms with van der Waals surface area (Å²) in [6.07, 6.45) is 6.78. The molecule has 0 aromatic rings. The Labute approximate surface area is 128 Å². The Bertz CT molecular complexity index is 340. The summed E-state index contributed by atoms with van der Waals surface area (Å²) in [5.41, 5.74) is 0. The van der Waals surface area contributed by atoms with Crippen LogP contribution in [0.25, 0.3) is 0 Å². The molecular formula is C16H30N2O3. The molecule has 0 heterocycles. The van der Waals surface area contributed by atoms with Crippen LogP contribution in [-0.2, 0) is 9.59 Å². The Balaban J connectivity index is 2.54. The molecule has 1 saturated carbocycles. The van der Waals surface area contributed by atoms with Crippen LogP contribution in [0.5, 0.6) is 0 Å². The lowest BCUT2D eigenvalue weighted by Gasteiger charge is -2.33. The lowest BCUT2D eigenvalue weighted by molar-refractivity contribution is -0.143. The number of nitrogens with one attached hydrogen (secondary N) is 1. The van der Waals surface area contributed by atoms with Gasteiger partial charge in [0.2, 0.25) is 5.91 Å². The van der Waals surface area contributed by atoms with E-state index in [1.54, 1.807) is 0 Å². The third-order valence-corrected chi connectivity index (χ3v) is 4.64. The van der Waals surface area contributed by atoms with E-state index >= 15 is 0 Å². The lowest BCUT2D eigenvalue weighted by Crippen LogP contribution is -2.50. The minimum atomic E-state index is -0.946. The normalized spacial score (nSPS) is 19.2. The number of hydrogen-bond acceptors (Lipinski definition) is 3. The minimum Gasteiger partial charge on any atom is -0.480 e. The predicted octanol–water partition coefficient (Wildman–Crippen LogP) is 2.26. The highest BCUT2D eigenvalue weighted by molar-refractivity contribution is 5.84. The van der Waals surface area contributed by atoms with Crippen LogP contribution in [0.2, 0.25) is 0 Å². The number of likely N-dealkylation sites (N-methyl/N-ethyl adjacent to an activating group) is 1. The van der Waals surface area contributed by atoms with Gasteiger partial charge in [-0.1, -0.05) is 46.5 Å². The van der Waals surface area contributed by atoms with E-state index in [4.69, 9.17) is 0 Å². The van der Waals surface area contributed by atoms with Gasteiger partial charge in [-0.2, -0.15) is 0 Å². The Kier molecular flexibility index (Phi) is 7.72. The first-order valence-electron chi connectivity index (χ1n) is 8.25. The summed E-state index contributed by atoms with van der Waals surface area (Å²) in [6, 6.07) is -0.311. The van der Waals surface area contributed by atoms with Crippen LogP contribution < -0.4 is 5.32 Å². The molecule has 122 valence electrons. The van der Waals surface area contributed by atoms with Crippen molar-refractivity contribution in [2.45, 2.75) is 71.4 Å². The van der Waals surface area contributed by atoms with Crippen molar-refractivity contribution in [3.63, 3.8) is 0 Å². The second-order valence-corrected chi connectivity index (χ2v) is 6.12. The molecule has 1 fully saturated rings. The van der Waals surface area contributed by atoms with E-state index in [9.17, 15) is 14.7 Å². The number of carboxylic acid groups (broad SMARTS) is 1. The van der Waals surface area contributed by atoms with Crippen molar-refractivity contribution in [2.24, 2.45) is 5.92 Å². The Morgan fingerprint density at radius 2 is 1.86 bits per heavy atom. The zero-order valence-electron chi connectivity index (χ0n) is 13.6. The quantitative estimate of drug-likeness (QED) is 0.721. The monoisotopic (exact) mass is 298 g/mol. The molecule has 5 nitrogen and oxygen atoms in total. The molecular weight excluding hydrogens is 268 g/mol. The van der Waals surface area contributed by atoms with E-state index in [0.29, 0.717) is 12.6 Å². The molecule has 21 heavy (non-hydrogen) atoms. The van der Waals surface area contributed by atoms with Gasteiger partial charge in [0.25, 0.3) is 0 Å². The number of amides is 1. The number of nitrogens with zero attached hydrogens (tertiary/aromatic N) is 1. The second kappa shape index (κ2) is 9.03. The van der Waals surface area contributed by atoms with Crippen molar-refractivity contribution in [1.82, 2.24) is 10.2 Å². The van der Waals surface area contributed by atoms with Crippen LogP contribution >= 0.6 is 0 Å². The average molecular weight is 298 g/mol. The van der Waals surface area contributed by atoms with Crippen molar-refractivity contribution in [3.05, 3.63) is 0 Å². The number of aliphatic carboxylic acids is 1. The first-order valence-corrected chi connectivity index (χ1v) is 8.25. The summed E-state index contributed by atoms with van der Waals surface area (Å²) in [7, 11) is 0. The van der Waals surface area contributed by atoms with Gasteiger partial charge in [-0.3, -0.25) is 9.69 Å². The molecule has 2 atom stereocenters. The van der Waals surface area contributed by atoms with Gasteiger partial charge < -0.3 is 10.4 Å². The van der Waals surface area contributed by atoms with Gasteiger partial charge in [0.1, 0.15) is 6.04 Å². The molecule has 5 heteroatoms. The van der Waals surface area contributed by atoms with Gasteiger partial charge in [-0.05, 0) is 25.3 Å². The van der Waals surface area contributed by atoms with Gasteiger partial charge in [-0.25, -0.2) is 4.79 Å². The molecule has 0 radical (unpaired) electrons. The molecule has 0 saturated heterocycles. The van der Waals surface area contributed by atoms with E-state index in [2.05, 4.69) is 17.1 Å². The van der Waals surface area contributed by atoms with Crippen LogP contribution in [0, 0.1) is 5.92 Å². The fourth-order valence-corrected chi connectivity index (χ4v) is 3.03. The maximum absolute atomic E-state index is 12.2. The topological polar surface area (TPSA) is 69.6 Å². The van der Waals surface area contributed by atoms with Gasteiger partial charge in [0, 0.05) is 6.04 Å². The lowest BCUT2D eigenvalue weighted by atomic mass is 9.94. The van der Waals surface area contributed by atoms with Crippen molar-refractivity contribution < 1.29 is 14.7 Å². The molecule has 0 aliphatic heterocycles. The van der Waals surface area contributed by atoms with Crippen LogP contribution in [0.1, 0.15) is 59.3 Å². The third kappa shape index (κ3) is 5.65. The summed E-state index contributed by atoms with van der Waals surface area (Å²) in [5, 5.41) is 11.9. The molecule has 0 spiro atoms. The number of carboxylic acids is 1. The Hall–Kier alpha value is -1.10. The molecule has 2 N–H and O–H groups in total. The first-order chi connectivity index (χ1) is 9.99. The standard InChI is InChI=1S/C16H30N2O3/c1-4-12(3)15(16(20)21)17-14(19)11-18(5-2)13-9-7-6-8-10-13/h12-13,15H,4-11H2,1-3H3,(H,17,19)(H,20,21). The maximum Gasteiger partial charge on any atom is 0.326 e. The van der Waals surface area contributed by atoms with Gasteiger partial charge >= 0.3 is 5.97 Å². The van der Waals surface area contributed by atoms with Crippen molar-refractivity contribution in [2.75, 3.05) is 13.1 Å². The van der Waals surface area contributed by atoms with Gasteiger partial charge in [0.15, 0.2) is 0 Å². The Morgan fingerprint density at radius 1 is 1.24 bits per heavy atom. The summed E-state index contributed by atoms with van der Waals surface area (Å²) in [6.45, 7) is 7.00.